The van der Waals surface area contributed by atoms with Crippen LogP contribution >= 0.6 is 0 Å². The summed E-state index contributed by atoms with van der Waals surface area (Å²) in [4.78, 5) is 17.0. The van der Waals surface area contributed by atoms with Gasteiger partial charge in [-0.25, -0.2) is 4.39 Å². The van der Waals surface area contributed by atoms with Crippen molar-refractivity contribution < 1.29 is 32.0 Å². The fourth-order valence-electron chi connectivity index (χ4n) is 5.01. The highest BCUT2D eigenvalue weighted by Crippen LogP contribution is 2.40. The van der Waals surface area contributed by atoms with E-state index >= 15 is 0 Å². The highest BCUT2D eigenvalue weighted by Gasteiger charge is 2.36. The Morgan fingerprint density at radius 2 is 1.73 bits per heavy atom. The molecule has 2 aromatic carbocycles. The van der Waals surface area contributed by atoms with Crippen molar-refractivity contribution in [2.45, 2.75) is 50.5 Å². The van der Waals surface area contributed by atoms with Gasteiger partial charge in [0.1, 0.15) is 6.17 Å². The van der Waals surface area contributed by atoms with Gasteiger partial charge in [0.25, 0.3) is 5.89 Å². The minimum atomic E-state index is -4.60. The number of carboxylic acids is 1. The monoisotopic (exact) mass is 518 g/mol. The zero-order chi connectivity index (χ0) is 26.2. The van der Waals surface area contributed by atoms with Crippen LogP contribution < -0.4 is 10.2 Å². The number of hydrogen-bond donors (Lipinski definition) is 2. The molecule has 196 valence electrons. The van der Waals surface area contributed by atoms with Crippen molar-refractivity contribution >= 4 is 17.3 Å². The predicted octanol–water partition coefficient (Wildman–Crippen LogP) is 6.03. The smallest absolute Gasteiger partial charge is 0.418 e. The summed E-state index contributed by atoms with van der Waals surface area (Å²) in [6, 6.07) is 11.1. The second-order valence-electron chi connectivity index (χ2n) is 9.58. The van der Waals surface area contributed by atoms with Gasteiger partial charge in [0.15, 0.2) is 0 Å². The number of aliphatic carboxylic acids is 1. The third kappa shape index (κ3) is 5.55. The van der Waals surface area contributed by atoms with Crippen molar-refractivity contribution in [2.75, 3.05) is 23.3 Å². The molecule has 1 saturated carbocycles. The number of hydrogen-bond acceptors (Lipinski definition) is 6. The summed E-state index contributed by atoms with van der Waals surface area (Å²) >= 11 is 0. The van der Waals surface area contributed by atoms with Crippen molar-refractivity contribution in [1.29, 1.82) is 0 Å². The fourth-order valence-corrected chi connectivity index (χ4v) is 5.01. The molecule has 3 aromatic rings. The third-order valence-corrected chi connectivity index (χ3v) is 7.04. The molecule has 2 atom stereocenters. The number of carboxylic acid groups (broad SMARTS) is 1. The number of alkyl halides is 4. The Morgan fingerprint density at radius 1 is 1.03 bits per heavy atom. The summed E-state index contributed by atoms with van der Waals surface area (Å²) in [7, 11) is 0. The number of halogens is 4. The highest BCUT2D eigenvalue weighted by atomic mass is 19.4. The molecule has 0 unspecified atom stereocenters. The average Bonchev–Trinajstić information content (AvgIpc) is 3.55. The van der Waals surface area contributed by atoms with Crippen LogP contribution in [0.5, 0.6) is 0 Å². The first-order chi connectivity index (χ1) is 17.7. The van der Waals surface area contributed by atoms with Crippen molar-refractivity contribution in [1.82, 2.24) is 10.1 Å². The maximum atomic E-state index is 13.9. The van der Waals surface area contributed by atoms with Crippen molar-refractivity contribution in [2.24, 2.45) is 5.92 Å². The topological polar surface area (TPSA) is 91.5 Å². The van der Waals surface area contributed by atoms with E-state index in [2.05, 4.69) is 15.5 Å². The molecule has 1 saturated heterocycles. The van der Waals surface area contributed by atoms with Crippen LogP contribution in [0.15, 0.2) is 47.0 Å². The summed E-state index contributed by atoms with van der Waals surface area (Å²) in [6.45, 7) is 0.448. The Balaban J connectivity index is 1.32. The molecule has 2 fully saturated rings. The normalized spacial score (nSPS) is 20.8. The second kappa shape index (κ2) is 10.0. The number of aromatic nitrogens is 2. The molecule has 2 N–H and O–H groups in total. The first-order valence-electron chi connectivity index (χ1n) is 12.2. The lowest BCUT2D eigenvalue weighted by atomic mass is 10.0. The number of carbonyl (C=O) groups is 1. The van der Waals surface area contributed by atoms with Gasteiger partial charge in [-0.15, -0.1) is 0 Å². The summed E-state index contributed by atoms with van der Waals surface area (Å²) in [6.07, 6.45) is -3.20. The first-order valence-corrected chi connectivity index (χ1v) is 12.2. The Labute approximate surface area is 210 Å². The van der Waals surface area contributed by atoms with Gasteiger partial charge in [-0.3, -0.25) is 4.79 Å². The Bertz CT molecular complexity index is 1250. The Morgan fingerprint density at radius 3 is 2.38 bits per heavy atom. The quantitative estimate of drug-likeness (QED) is 0.385. The van der Waals surface area contributed by atoms with Gasteiger partial charge in [0.2, 0.25) is 5.82 Å². The highest BCUT2D eigenvalue weighted by molar-refractivity contribution is 5.71. The zero-order valence-corrected chi connectivity index (χ0v) is 19.8. The lowest BCUT2D eigenvalue weighted by molar-refractivity contribution is -0.141. The minimum Gasteiger partial charge on any atom is -0.481 e. The molecule has 1 aliphatic heterocycles. The third-order valence-electron chi connectivity index (χ3n) is 7.04. The maximum Gasteiger partial charge on any atom is 0.418 e. The summed E-state index contributed by atoms with van der Waals surface area (Å²) in [5.74, 6) is -0.911. The van der Waals surface area contributed by atoms with Crippen molar-refractivity contribution in [3.63, 3.8) is 0 Å². The van der Waals surface area contributed by atoms with E-state index in [0.717, 1.165) is 18.2 Å². The summed E-state index contributed by atoms with van der Waals surface area (Å²) < 4.78 is 60.5. The number of rotatable bonds is 6. The van der Waals surface area contributed by atoms with Gasteiger partial charge in [-0.2, -0.15) is 18.2 Å². The number of piperidine rings is 1. The maximum absolute atomic E-state index is 13.9. The Kier molecular flexibility index (Phi) is 6.78. The molecule has 0 spiro atoms. The molecular weight excluding hydrogens is 492 g/mol. The van der Waals surface area contributed by atoms with Gasteiger partial charge in [0, 0.05) is 41.6 Å². The molecule has 7 nitrogen and oxygen atoms in total. The summed E-state index contributed by atoms with van der Waals surface area (Å²) in [5, 5.41) is 16.4. The van der Waals surface area contributed by atoms with Crippen LogP contribution in [0.2, 0.25) is 0 Å². The molecule has 2 heterocycles. The molecule has 0 radical (unpaired) electrons. The van der Waals surface area contributed by atoms with E-state index in [1.54, 1.807) is 17.0 Å². The number of benzene rings is 2. The molecule has 2 aliphatic rings. The molecule has 37 heavy (non-hydrogen) atoms. The van der Waals surface area contributed by atoms with Crippen LogP contribution in [-0.2, 0) is 11.0 Å². The molecule has 5 rings (SSSR count). The fraction of sp³-hybridized carbons (Fsp3) is 0.423. The van der Waals surface area contributed by atoms with Crippen LogP contribution in [0.25, 0.3) is 22.8 Å². The van der Waals surface area contributed by atoms with E-state index in [4.69, 9.17) is 9.63 Å². The SMILES string of the molecule is O=C(O)[C@@H]1CC[C@H](Nc2ccc(-c3nc(-c4ccc(N5CCC(F)CC5)c(C(F)(F)F)c4)no3)cc2)C1. The standard InChI is InChI=1S/C26H26F4N4O3/c27-18-9-11-34(12-10-18)22-8-4-16(14-21(22)26(28,29)30)23-32-24(37-33-23)15-1-5-19(6-2-15)31-20-7-3-17(13-20)25(35)36/h1-2,4-6,8,14,17-18,20,31H,3,7,9-13H2,(H,35,36)/t17-,20+/m1/s1. The zero-order valence-electron chi connectivity index (χ0n) is 19.8. The van der Waals surface area contributed by atoms with Crippen LogP contribution in [0.4, 0.5) is 28.9 Å². The lowest BCUT2D eigenvalue weighted by Crippen LogP contribution is -2.35. The van der Waals surface area contributed by atoms with Crippen LogP contribution in [0.3, 0.4) is 0 Å². The molecule has 1 aliphatic carbocycles. The predicted molar refractivity (Wildman–Crippen MR) is 129 cm³/mol. The number of nitrogens with one attached hydrogen (secondary N) is 1. The van der Waals surface area contributed by atoms with Gasteiger partial charge in [-0.05, 0) is 74.6 Å². The van der Waals surface area contributed by atoms with E-state index in [-0.39, 0.29) is 60.9 Å². The van der Waals surface area contributed by atoms with Crippen molar-refractivity contribution in [3.05, 3.63) is 48.0 Å². The molecule has 1 aromatic heterocycles. The van der Waals surface area contributed by atoms with Crippen LogP contribution in [-0.4, -0.2) is 46.5 Å². The average molecular weight is 519 g/mol. The minimum absolute atomic E-state index is 0.0203. The molecular formula is C26H26F4N4O3. The van der Waals surface area contributed by atoms with Gasteiger partial charge in [0.05, 0.1) is 11.5 Å². The van der Waals surface area contributed by atoms with Gasteiger partial charge >= 0.3 is 12.1 Å². The largest absolute Gasteiger partial charge is 0.481 e. The molecule has 0 bridgehead atoms. The number of nitrogens with zero attached hydrogens (tertiary/aromatic N) is 3. The number of anilines is 2. The van der Waals surface area contributed by atoms with E-state index in [9.17, 15) is 22.4 Å². The van der Waals surface area contributed by atoms with Crippen LogP contribution in [0, 0.1) is 5.92 Å². The van der Waals surface area contributed by atoms with Crippen LogP contribution in [0.1, 0.15) is 37.7 Å². The molecule has 0 amide bonds. The van der Waals surface area contributed by atoms with E-state index in [1.165, 1.54) is 12.1 Å². The summed E-state index contributed by atoms with van der Waals surface area (Å²) in [5.41, 5.74) is 0.787. The Hall–Kier alpha value is -3.63. The first kappa shape index (κ1) is 25.0. The van der Waals surface area contributed by atoms with Crippen molar-refractivity contribution in [3.8, 4) is 22.8 Å². The molecule has 11 heteroatoms. The van der Waals surface area contributed by atoms with Gasteiger partial charge < -0.3 is 19.8 Å². The lowest BCUT2D eigenvalue weighted by Gasteiger charge is -2.32. The van der Waals surface area contributed by atoms with Gasteiger partial charge in [-0.1, -0.05) is 5.16 Å². The van der Waals surface area contributed by atoms with E-state index in [1.807, 2.05) is 12.1 Å². The second-order valence-corrected chi connectivity index (χ2v) is 9.58. The van der Waals surface area contributed by atoms with E-state index in [0.29, 0.717) is 18.4 Å². The van der Waals surface area contributed by atoms with E-state index < -0.39 is 23.9 Å².